The van der Waals surface area contributed by atoms with Gasteiger partial charge in [0.2, 0.25) is 15.9 Å². The highest BCUT2D eigenvalue weighted by molar-refractivity contribution is 7.89. The second-order valence-corrected chi connectivity index (χ2v) is 10.8. The van der Waals surface area contributed by atoms with Gasteiger partial charge in [0.25, 0.3) is 0 Å². The van der Waals surface area contributed by atoms with Crippen LogP contribution in [0.15, 0.2) is 70.9 Å². The first-order valence-electron chi connectivity index (χ1n) is 10.7. The minimum absolute atomic E-state index is 0.0750. The van der Waals surface area contributed by atoms with Crippen LogP contribution in [0.1, 0.15) is 16.0 Å². The van der Waals surface area contributed by atoms with Gasteiger partial charge in [0.1, 0.15) is 5.82 Å². The number of alkyl halides is 3. The SMILES string of the molecule is COCCN(CC(=O)N(Cc1ccc(F)cc1)Cc1cccs1)S(=O)(=O)c1cccc(C(F)(F)F)c1. The summed E-state index contributed by atoms with van der Waals surface area (Å²) in [5, 5.41) is 1.83. The predicted octanol–water partition coefficient (Wildman–Crippen LogP) is 4.77. The number of hydrogen-bond acceptors (Lipinski definition) is 5. The van der Waals surface area contributed by atoms with Gasteiger partial charge in [0.15, 0.2) is 0 Å². The van der Waals surface area contributed by atoms with Crippen molar-refractivity contribution in [2.45, 2.75) is 24.2 Å². The van der Waals surface area contributed by atoms with Crippen molar-refractivity contribution < 1.29 is 35.5 Å². The maximum Gasteiger partial charge on any atom is 0.416 e. The molecule has 0 bridgehead atoms. The third kappa shape index (κ3) is 7.36. The van der Waals surface area contributed by atoms with Crippen LogP contribution in [0.3, 0.4) is 0 Å². The maximum absolute atomic E-state index is 13.3. The lowest BCUT2D eigenvalue weighted by Crippen LogP contribution is -2.43. The van der Waals surface area contributed by atoms with Crippen molar-refractivity contribution >= 4 is 27.3 Å². The topological polar surface area (TPSA) is 66.9 Å². The van der Waals surface area contributed by atoms with Gasteiger partial charge in [0, 0.05) is 25.1 Å². The highest BCUT2D eigenvalue weighted by Crippen LogP contribution is 2.31. The predicted molar refractivity (Wildman–Crippen MR) is 127 cm³/mol. The molecule has 12 heteroatoms. The molecule has 0 N–H and O–H groups in total. The minimum atomic E-state index is -4.73. The maximum atomic E-state index is 13.3. The van der Waals surface area contributed by atoms with Gasteiger partial charge in [-0.05, 0) is 47.3 Å². The summed E-state index contributed by atoms with van der Waals surface area (Å²) in [6, 6.07) is 12.6. The van der Waals surface area contributed by atoms with Crippen molar-refractivity contribution in [3.63, 3.8) is 0 Å². The molecule has 0 unspecified atom stereocenters. The number of halogens is 4. The Balaban J connectivity index is 1.89. The first kappa shape index (κ1) is 27.8. The molecule has 0 aliphatic heterocycles. The lowest BCUT2D eigenvalue weighted by molar-refractivity contribution is -0.137. The number of carbonyl (C=O) groups is 1. The van der Waals surface area contributed by atoms with E-state index in [0.29, 0.717) is 11.6 Å². The van der Waals surface area contributed by atoms with E-state index in [1.165, 1.54) is 47.6 Å². The first-order chi connectivity index (χ1) is 17.0. The monoisotopic (exact) mass is 544 g/mol. The smallest absolute Gasteiger partial charge is 0.383 e. The van der Waals surface area contributed by atoms with E-state index in [1.54, 1.807) is 0 Å². The van der Waals surface area contributed by atoms with Gasteiger partial charge < -0.3 is 9.64 Å². The second-order valence-electron chi connectivity index (χ2n) is 7.81. The van der Waals surface area contributed by atoms with Crippen LogP contribution in [-0.2, 0) is 38.8 Å². The quantitative estimate of drug-likeness (QED) is 0.326. The van der Waals surface area contributed by atoms with Crippen molar-refractivity contribution in [2.75, 3.05) is 26.8 Å². The first-order valence-corrected chi connectivity index (χ1v) is 13.0. The molecular weight excluding hydrogens is 520 g/mol. The number of rotatable bonds is 11. The van der Waals surface area contributed by atoms with E-state index in [2.05, 4.69) is 0 Å². The van der Waals surface area contributed by atoms with E-state index in [-0.39, 0.29) is 26.2 Å². The molecule has 36 heavy (non-hydrogen) atoms. The fourth-order valence-corrected chi connectivity index (χ4v) is 5.48. The van der Waals surface area contributed by atoms with E-state index in [1.807, 2.05) is 17.5 Å². The summed E-state index contributed by atoms with van der Waals surface area (Å²) in [7, 11) is -3.12. The van der Waals surface area contributed by atoms with Gasteiger partial charge in [-0.1, -0.05) is 24.3 Å². The van der Waals surface area contributed by atoms with Crippen LogP contribution in [0.4, 0.5) is 17.6 Å². The summed E-state index contributed by atoms with van der Waals surface area (Å²) >= 11 is 1.41. The Morgan fingerprint density at radius 2 is 1.75 bits per heavy atom. The summed E-state index contributed by atoms with van der Waals surface area (Å²) in [5.41, 5.74) is -0.484. The van der Waals surface area contributed by atoms with Crippen molar-refractivity contribution in [2.24, 2.45) is 0 Å². The second kappa shape index (κ2) is 12.0. The Morgan fingerprint density at radius 3 is 2.36 bits per heavy atom. The van der Waals surface area contributed by atoms with Gasteiger partial charge in [0.05, 0.1) is 30.2 Å². The number of thiophene rings is 1. The molecule has 0 aliphatic carbocycles. The van der Waals surface area contributed by atoms with E-state index < -0.39 is 44.9 Å². The van der Waals surface area contributed by atoms with Crippen molar-refractivity contribution in [3.8, 4) is 0 Å². The Morgan fingerprint density at radius 1 is 1.03 bits per heavy atom. The van der Waals surface area contributed by atoms with E-state index in [0.717, 1.165) is 27.4 Å². The van der Waals surface area contributed by atoms with Crippen LogP contribution in [0, 0.1) is 5.82 Å². The standard InChI is InChI=1S/C24H24F4N2O4S2/c1-34-12-11-30(36(32,33)22-6-2-4-19(14-22)24(26,27)28)17-23(31)29(16-21-5-3-13-35-21)15-18-7-9-20(25)10-8-18/h2-10,13-14H,11-12,15-17H2,1H3. The Labute approximate surface area is 210 Å². The summed E-state index contributed by atoms with van der Waals surface area (Å²) in [6.45, 7) is -0.679. The molecular formula is C24H24F4N2O4S2. The molecule has 0 saturated heterocycles. The van der Waals surface area contributed by atoms with Gasteiger partial charge in [-0.2, -0.15) is 17.5 Å². The average molecular weight is 545 g/mol. The molecule has 1 heterocycles. The molecule has 0 aliphatic rings. The number of amides is 1. The van der Waals surface area contributed by atoms with E-state index >= 15 is 0 Å². The molecule has 3 rings (SSSR count). The fourth-order valence-electron chi connectivity index (χ4n) is 3.34. The van der Waals surface area contributed by atoms with Gasteiger partial charge in [-0.15, -0.1) is 11.3 Å². The number of methoxy groups -OCH3 is 1. The molecule has 1 aromatic heterocycles. The number of nitrogens with zero attached hydrogens (tertiary/aromatic N) is 2. The molecule has 0 spiro atoms. The third-order valence-corrected chi connectivity index (χ3v) is 7.92. The molecule has 1 amide bonds. The van der Waals surface area contributed by atoms with Gasteiger partial charge in [-0.25, -0.2) is 12.8 Å². The largest absolute Gasteiger partial charge is 0.416 e. The zero-order valence-corrected chi connectivity index (χ0v) is 20.9. The normalized spacial score (nSPS) is 12.2. The number of hydrogen-bond donors (Lipinski definition) is 0. The van der Waals surface area contributed by atoms with E-state index in [9.17, 15) is 30.8 Å². The molecule has 6 nitrogen and oxygen atoms in total. The zero-order valence-electron chi connectivity index (χ0n) is 19.2. The fraction of sp³-hybridized carbons (Fsp3) is 0.292. The summed E-state index contributed by atoms with van der Waals surface area (Å²) in [6.07, 6.45) is -4.73. The number of sulfonamides is 1. The molecule has 2 aromatic carbocycles. The van der Waals surface area contributed by atoms with Crippen LogP contribution in [0.25, 0.3) is 0 Å². The summed E-state index contributed by atoms with van der Waals surface area (Å²) in [4.78, 5) is 15.0. The molecule has 3 aromatic rings. The molecule has 0 radical (unpaired) electrons. The molecule has 0 atom stereocenters. The lowest BCUT2D eigenvalue weighted by Gasteiger charge is -2.27. The van der Waals surface area contributed by atoms with Crippen LogP contribution < -0.4 is 0 Å². The molecule has 0 fully saturated rings. The Kier molecular flexibility index (Phi) is 9.23. The van der Waals surface area contributed by atoms with Crippen LogP contribution in [-0.4, -0.2) is 50.3 Å². The third-order valence-electron chi connectivity index (χ3n) is 5.22. The number of benzene rings is 2. The summed E-state index contributed by atoms with van der Waals surface area (Å²) in [5.74, 6) is -1.01. The van der Waals surface area contributed by atoms with Crippen molar-refractivity contribution in [3.05, 3.63) is 87.9 Å². The van der Waals surface area contributed by atoms with Gasteiger partial charge in [-0.3, -0.25) is 4.79 Å². The average Bonchev–Trinajstić information content (AvgIpc) is 3.35. The summed E-state index contributed by atoms with van der Waals surface area (Å²) < 4.78 is 85.2. The minimum Gasteiger partial charge on any atom is -0.383 e. The van der Waals surface area contributed by atoms with Crippen LogP contribution in [0.5, 0.6) is 0 Å². The number of ether oxygens (including phenoxy) is 1. The molecule has 194 valence electrons. The lowest BCUT2D eigenvalue weighted by atomic mass is 10.2. The Bertz CT molecular complexity index is 1250. The van der Waals surface area contributed by atoms with Crippen molar-refractivity contribution in [1.82, 2.24) is 9.21 Å². The highest BCUT2D eigenvalue weighted by Gasteiger charge is 2.34. The Hall–Kier alpha value is -2.80. The number of carbonyl (C=O) groups excluding carboxylic acids is 1. The van der Waals surface area contributed by atoms with Crippen LogP contribution in [0.2, 0.25) is 0 Å². The van der Waals surface area contributed by atoms with Crippen molar-refractivity contribution in [1.29, 1.82) is 0 Å². The molecule has 0 saturated carbocycles. The van der Waals surface area contributed by atoms with Gasteiger partial charge >= 0.3 is 6.18 Å². The van der Waals surface area contributed by atoms with E-state index in [4.69, 9.17) is 4.74 Å². The zero-order chi connectivity index (χ0) is 26.3. The van der Waals surface area contributed by atoms with Crippen LogP contribution >= 0.6 is 11.3 Å². The highest BCUT2D eigenvalue weighted by atomic mass is 32.2.